The molecule has 0 aliphatic carbocycles. The van der Waals surface area contributed by atoms with E-state index in [0.717, 1.165) is 5.56 Å². The summed E-state index contributed by atoms with van der Waals surface area (Å²) in [6.45, 7) is 3.66. The minimum atomic E-state index is -0.762. The third-order valence-corrected chi connectivity index (χ3v) is 8.20. The molecular weight excluding hydrogens is 710 g/mol. The minimum Gasteiger partial charge on any atom is -0.506 e. The number of benzene rings is 2. The number of aromatic hydroxyl groups is 1. The zero-order valence-electron chi connectivity index (χ0n) is 19.8. The van der Waals surface area contributed by atoms with Gasteiger partial charge in [-0.2, -0.15) is 0 Å². The highest BCUT2D eigenvalue weighted by Gasteiger charge is 2.34. The van der Waals surface area contributed by atoms with E-state index < -0.39 is 12.0 Å². The van der Waals surface area contributed by atoms with Gasteiger partial charge in [0.1, 0.15) is 5.75 Å². The summed E-state index contributed by atoms with van der Waals surface area (Å²) in [5.41, 5.74) is 1.92. The zero-order valence-corrected chi connectivity index (χ0v) is 24.9. The summed E-state index contributed by atoms with van der Waals surface area (Å²) in [7, 11) is 3.07. The topological polar surface area (TPSA) is 99.4 Å². The van der Waals surface area contributed by atoms with E-state index in [9.17, 15) is 14.7 Å². The van der Waals surface area contributed by atoms with E-state index in [1.54, 1.807) is 57.4 Å². The Kier molecular flexibility index (Phi) is 8.09. The lowest BCUT2D eigenvalue weighted by Crippen LogP contribution is -2.40. The number of methoxy groups -OCH3 is 2. The molecule has 8 nitrogen and oxygen atoms in total. The fourth-order valence-electron chi connectivity index (χ4n) is 3.95. The van der Waals surface area contributed by atoms with Crippen LogP contribution in [0.1, 0.15) is 31.0 Å². The van der Waals surface area contributed by atoms with Gasteiger partial charge in [-0.1, -0.05) is 17.4 Å². The molecular formula is C25H22I2N2O6S. The van der Waals surface area contributed by atoms with Crippen LogP contribution >= 0.6 is 56.5 Å². The molecule has 1 atom stereocenters. The maximum Gasteiger partial charge on any atom is 0.338 e. The summed E-state index contributed by atoms with van der Waals surface area (Å²) in [6, 6.07) is 8.13. The van der Waals surface area contributed by atoms with E-state index in [0.29, 0.717) is 39.2 Å². The number of hydrogen-bond donors (Lipinski definition) is 1. The van der Waals surface area contributed by atoms with Gasteiger partial charge in [-0.15, -0.1) is 0 Å². The zero-order chi connectivity index (χ0) is 26.1. The van der Waals surface area contributed by atoms with Gasteiger partial charge >= 0.3 is 5.97 Å². The summed E-state index contributed by atoms with van der Waals surface area (Å²) < 4.78 is 19.5. The maximum absolute atomic E-state index is 13.7. The molecule has 1 aliphatic rings. The Morgan fingerprint density at radius 2 is 1.83 bits per heavy atom. The molecule has 1 aromatic heterocycles. The molecule has 0 bridgehead atoms. The van der Waals surface area contributed by atoms with Crippen molar-refractivity contribution >= 4 is 68.6 Å². The van der Waals surface area contributed by atoms with Crippen LogP contribution in [-0.2, 0) is 9.53 Å². The molecule has 11 heteroatoms. The molecule has 3 aromatic rings. The summed E-state index contributed by atoms with van der Waals surface area (Å²) >= 11 is 5.35. The molecule has 0 radical (unpaired) electrons. The van der Waals surface area contributed by atoms with Crippen molar-refractivity contribution in [2.75, 3.05) is 20.8 Å². The first-order chi connectivity index (χ1) is 17.2. The number of esters is 1. The number of rotatable bonds is 6. The van der Waals surface area contributed by atoms with Crippen molar-refractivity contribution in [2.24, 2.45) is 4.99 Å². The third kappa shape index (κ3) is 4.92. The molecule has 4 rings (SSSR count). The minimum absolute atomic E-state index is 0.191. The molecule has 1 aliphatic heterocycles. The predicted octanol–water partition coefficient (Wildman–Crippen LogP) is 3.73. The fraction of sp³-hybridized carbons (Fsp3) is 0.240. The van der Waals surface area contributed by atoms with Crippen molar-refractivity contribution in [3.63, 3.8) is 0 Å². The first-order valence-corrected chi connectivity index (χ1v) is 13.8. The number of nitrogens with zero attached hydrogens (tertiary/aromatic N) is 2. The second-order valence-electron chi connectivity index (χ2n) is 7.75. The molecule has 1 N–H and O–H groups in total. The number of allylic oxidation sites excluding steroid dienone is 1. The van der Waals surface area contributed by atoms with Crippen LogP contribution in [0.4, 0.5) is 0 Å². The van der Waals surface area contributed by atoms with Crippen molar-refractivity contribution in [1.29, 1.82) is 0 Å². The van der Waals surface area contributed by atoms with Gasteiger partial charge in [0.05, 0.1) is 49.8 Å². The van der Waals surface area contributed by atoms with E-state index in [1.807, 2.05) is 0 Å². The Morgan fingerprint density at radius 1 is 1.17 bits per heavy atom. The van der Waals surface area contributed by atoms with Crippen LogP contribution in [0.15, 0.2) is 51.4 Å². The SMILES string of the molecule is CCOC(=O)C1=C(C)N=c2s/c(=C\c3cc(I)c(O)c(I)c3)c(=O)n2[C@@H]1c1ccc(OC)c(OC)c1. The standard InChI is InChI=1S/C25H22I2N2O6S/c1-5-35-24(32)20-12(2)28-25-29(21(20)14-6-7-17(33-3)18(11-14)34-4)23(31)19(36-25)10-13-8-15(26)22(30)16(27)9-13/h6-11,21,30H,5H2,1-4H3/b19-10-/t21-/m1/s1. The van der Waals surface area contributed by atoms with Crippen LogP contribution in [0.25, 0.3) is 6.08 Å². The second kappa shape index (κ2) is 10.9. The maximum atomic E-state index is 13.7. The van der Waals surface area contributed by atoms with Gasteiger partial charge in [-0.05, 0) is 100 Å². The van der Waals surface area contributed by atoms with Crippen LogP contribution < -0.4 is 24.4 Å². The van der Waals surface area contributed by atoms with Gasteiger partial charge in [-0.3, -0.25) is 9.36 Å². The lowest BCUT2D eigenvalue weighted by atomic mass is 9.95. The van der Waals surface area contributed by atoms with Crippen LogP contribution in [-0.4, -0.2) is 36.5 Å². The molecule has 0 saturated heterocycles. The number of fused-ring (bicyclic) bond motifs is 1. The Balaban J connectivity index is 1.98. The predicted molar refractivity (Wildman–Crippen MR) is 153 cm³/mol. The van der Waals surface area contributed by atoms with Gasteiger partial charge in [0, 0.05) is 0 Å². The van der Waals surface area contributed by atoms with Gasteiger partial charge < -0.3 is 19.3 Å². The molecule has 36 heavy (non-hydrogen) atoms. The Labute approximate surface area is 238 Å². The highest BCUT2D eigenvalue weighted by Crippen LogP contribution is 2.36. The van der Waals surface area contributed by atoms with E-state index in [2.05, 4.69) is 50.2 Å². The van der Waals surface area contributed by atoms with E-state index in [1.165, 1.54) is 23.0 Å². The average molecular weight is 732 g/mol. The molecule has 0 fully saturated rings. The lowest BCUT2D eigenvalue weighted by Gasteiger charge is -2.25. The van der Waals surface area contributed by atoms with E-state index in [4.69, 9.17) is 14.2 Å². The molecule has 2 aromatic carbocycles. The molecule has 0 unspecified atom stereocenters. The quantitative estimate of drug-likeness (QED) is 0.307. The van der Waals surface area contributed by atoms with Crippen LogP contribution in [0, 0.1) is 7.14 Å². The highest BCUT2D eigenvalue weighted by atomic mass is 127. The number of halogens is 2. The van der Waals surface area contributed by atoms with Gasteiger partial charge in [-0.25, -0.2) is 9.79 Å². The first-order valence-electron chi connectivity index (χ1n) is 10.8. The molecule has 0 amide bonds. The summed E-state index contributed by atoms with van der Waals surface area (Å²) in [6.07, 6.45) is 1.77. The number of aromatic nitrogens is 1. The van der Waals surface area contributed by atoms with Gasteiger partial charge in [0.15, 0.2) is 16.3 Å². The van der Waals surface area contributed by atoms with Crippen molar-refractivity contribution < 1.29 is 24.1 Å². The fourth-order valence-corrected chi connectivity index (χ4v) is 6.81. The Bertz CT molecular complexity index is 1550. The number of phenols is 1. The van der Waals surface area contributed by atoms with E-state index in [-0.39, 0.29) is 23.5 Å². The first kappa shape index (κ1) is 26.7. The number of hydrogen-bond acceptors (Lipinski definition) is 8. The molecule has 0 saturated carbocycles. The highest BCUT2D eigenvalue weighted by molar-refractivity contribution is 14.1. The second-order valence-corrected chi connectivity index (χ2v) is 11.1. The van der Waals surface area contributed by atoms with Crippen molar-refractivity contribution in [3.05, 3.63) is 79.6 Å². The average Bonchev–Trinajstić information content (AvgIpc) is 3.15. The van der Waals surface area contributed by atoms with Crippen LogP contribution in [0.2, 0.25) is 0 Å². The Morgan fingerprint density at radius 3 is 2.44 bits per heavy atom. The number of thiazole rings is 1. The number of phenolic OH excluding ortho intramolecular Hbond substituents is 1. The number of carbonyl (C=O) groups excluding carboxylic acids is 1. The number of carbonyl (C=O) groups is 1. The van der Waals surface area contributed by atoms with E-state index >= 15 is 0 Å². The van der Waals surface area contributed by atoms with Crippen LogP contribution in [0.3, 0.4) is 0 Å². The Hall–Kier alpha value is -2.39. The molecule has 188 valence electrons. The van der Waals surface area contributed by atoms with Gasteiger partial charge in [0.25, 0.3) is 5.56 Å². The third-order valence-electron chi connectivity index (χ3n) is 5.58. The molecule has 2 heterocycles. The smallest absolute Gasteiger partial charge is 0.338 e. The van der Waals surface area contributed by atoms with Crippen molar-refractivity contribution in [1.82, 2.24) is 4.57 Å². The van der Waals surface area contributed by atoms with Crippen molar-refractivity contribution in [3.8, 4) is 17.2 Å². The normalized spacial score (nSPS) is 15.4. The van der Waals surface area contributed by atoms with Crippen molar-refractivity contribution in [2.45, 2.75) is 19.9 Å². The van der Waals surface area contributed by atoms with Crippen LogP contribution in [0.5, 0.6) is 17.2 Å². The molecule has 0 spiro atoms. The van der Waals surface area contributed by atoms with Gasteiger partial charge in [0.2, 0.25) is 0 Å². The lowest BCUT2D eigenvalue weighted by molar-refractivity contribution is -0.139. The summed E-state index contributed by atoms with van der Waals surface area (Å²) in [5, 5.41) is 10.1. The number of ether oxygens (including phenoxy) is 3. The summed E-state index contributed by atoms with van der Waals surface area (Å²) in [5.74, 6) is 0.681. The monoisotopic (exact) mass is 732 g/mol. The summed E-state index contributed by atoms with van der Waals surface area (Å²) in [4.78, 5) is 31.9. The largest absolute Gasteiger partial charge is 0.506 e.